The first-order valence-electron chi connectivity index (χ1n) is 6.96. The molecule has 0 unspecified atom stereocenters. The normalized spacial score (nSPS) is 10.0. The molecule has 0 aromatic heterocycles. The zero-order chi connectivity index (χ0) is 17.7. The van der Waals surface area contributed by atoms with E-state index in [2.05, 4.69) is 27.9 Å². The summed E-state index contributed by atoms with van der Waals surface area (Å²) in [7, 11) is 4.41. The van der Waals surface area contributed by atoms with Crippen LogP contribution in [0.4, 0.5) is 0 Å². The van der Waals surface area contributed by atoms with Gasteiger partial charge in [-0.25, -0.2) is 4.79 Å². The summed E-state index contributed by atoms with van der Waals surface area (Å²) < 4.78 is 16.8. The largest absolute Gasteiger partial charge is 0.493 e. The number of benzene rings is 2. The Kier molecular flexibility index (Phi) is 6.02. The van der Waals surface area contributed by atoms with Crippen molar-refractivity contribution < 1.29 is 23.8 Å². The van der Waals surface area contributed by atoms with E-state index in [4.69, 9.17) is 14.2 Å². The van der Waals surface area contributed by atoms with E-state index in [1.54, 1.807) is 24.3 Å². The summed E-state index contributed by atoms with van der Waals surface area (Å²) in [5.41, 5.74) is 0.557. The maximum absolute atomic E-state index is 12.3. The average molecular weight is 441 g/mol. The van der Waals surface area contributed by atoms with Crippen LogP contribution in [0.15, 0.2) is 36.4 Å². The minimum Gasteiger partial charge on any atom is -0.493 e. The summed E-state index contributed by atoms with van der Waals surface area (Å²) >= 11 is 2.14. The topological polar surface area (TPSA) is 73.9 Å². The van der Waals surface area contributed by atoms with Crippen molar-refractivity contribution in [2.24, 2.45) is 0 Å². The number of carbonyl (C=O) groups excluding carboxylic acids is 2. The van der Waals surface area contributed by atoms with Gasteiger partial charge < -0.3 is 19.5 Å². The van der Waals surface area contributed by atoms with Crippen LogP contribution in [0.3, 0.4) is 0 Å². The third-order valence-electron chi connectivity index (χ3n) is 3.24. The summed E-state index contributed by atoms with van der Waals surface area (Å²) in [5.74, 6) is -0.151. The molecule has 0 bridgehead atoms. The molecule has 24 heavy (non-hydrogen) atoms. The van der Waals surface area contributed by atoms with Crippen molar-refractivity contribution in [2.75, 3.05) is 21.3 Å². The lowest BCUT2D eigenvalue weighted by molar-refractivity contribution is 0.0731. The van der Waals surface area contributed by atoms with E-state index in [-0.39, 0.29) is 11.3 Å². The Morgan fingerprint density at radius 2 is 1.54 bits per heavy atom. The Morgan fingerprint density at radius 1 is 0.958 bits per heavy atom. The van der Waals surface area contributed by atoms with Gasteiger partial charge in [-0.3, -0.25) is 4.79 Å². The number of amides is 1. The lowest BCUT2D eigenvalue weighted by Gasteiger charge is -2.14. The Bertz CT molecular complexity index is 758. The predicted octanol–water partition coefficient (Wildman–Crippen LogP) is 2.89. The summed E-state index contributed by atoms with van der Waals surface area (Å²) in [5, 5.41) is 2.50. The van der Waals surface area contributed by atoms with Gasteiger partial charge in [0.15, 0.2) is 11.5 Å². The number of carbonyl (C=O) groups is 2. The molecule has 0 fully saturated rings. The highest BCUT2D eigenvalue weighted by Gasteiger charge is 2.20. The molecular weight excluding hydrogens is 425 g/mol. The third-order valence-corrected chi connectivity index (χ3v) is 3.96. The SMILES string of the molecule is CNC(=O)c1cc(OC)c(OC)cc1OC(=O)c1ccc(I)cc1. The molecule has 0 aliphatic heterocycles. The van der Waals surface area contributed by atoms with E-state index in [1.165, 1.54) is 33.4 Å². The third kappa shape index (κ3) is 3.97. The van der Waals surface area contributed by atoms with E-state index in [0.29, 0.717) is 17.1 Å². The van der Waals surface area contributed by atoms with E-state index in [1.807, 2.05) is 0 Å². The molecule has 0 atom stereocenters. The van der Waals surface area contributed by atoms with Crippen molar-refractivity contribution in [2.45, 2.75) is 0 Å². The number of hydrogen-bond acceptors (Lipinski definition) is 5. The highest BCUT2D eigenvalue weighted by Crippen LogP contribution is 2.35. The molecule has 7 heteroatoms. The van der Waals surface area contributed by atoms with Crippen LogP contribution in [-0.2, 0) is 0 Å². The van der Waals surface area contributed by atoms with Crippen LogP contribution in [0.25, 0.3) is 0 Å². The second-order valence-corrected chi connectivity index (χ2v) is 5.92. The first-order valence-corrected chi connectivity index (χ1v) is 8.04. The monoisotopic (exact) mass is 441 g/mol. The Hall–Kier alpha value is -2.29. The van der Waals surface area contributed by atoms with Crippen LogP contribution in [0.2, 0.25) is 0 Å². The molecule has 0 saturated heterocycles. The standard InChI is InChI=1S/C17H16INO5/c1-19-16(20)12-8-14(22-2)15(23-3)9-13(12)24-17(21)10-4-6-11(18)7-5-10/h4-9H,1-3H3,(H,19,20). The maximum atomic E-state index is 12.3. The highest BCUT2D eigenvalue weighted by atomic mass is 127. The fourth-order valence-electron chi connectivity index (χ4n) is 2.00. The van der Waals surface area contributed by atoms with Gasteiger partial charge in [0.2, 0.25) is 0 Å². The number of rotatable bonds is 5. The van der Waals surface area contributed by atoms with Crippen LogP contribution in [0.1, 0.15) is 20.7 Å². The molecule has 0 aliphatic rings. The van der Waals surface area contributed by atoms with Gasteiger partial charge in [-0.2, -0.15) is 0 Å². The molecule has 0 saturated carbocycles. The zero-order valence-corrected chi connectivity index (χ0v) is 15.5. The number of nitrogens with one attached hydrogen (secondary N) is 1. The fraction of sp³-hybridized carbons (Fsp3) is 0.176. The number of esters is 1. The van der Waals surface area contributed by atoms with Crippen LogP contribution >= 0.6 is 22.6 Å². The molecule has 1 amide bonds. The Morgan fingerprint density at radius 3 is 2.08 bits per heavy atom. The first-order chi connectivity index (χ1) is 11.5. The maximum Gasteiger partial charge on any atom is 0.343 e. The minimum atomic E-state index is -0.566. The minimum absolute atomic E-state index is 0.0931. The van der Waals surface area contributed by atoms with Gasteiger partial charge in [0.1, 0.15) is 5.75 Å². The number of hydrogen-bond donors (Lipinski definition) is 1. The second-order valence-electron chi connectivity index (χ2n) is 4.68. The molecule has 0 heterocycles. The number of ether oxygens (including phenoxy) is 3. The van der Waals surface area contributed by atoms with Crippen LogP contribution in [-0.4, -0.2) is 33.1 Å². The quantitative estimate of drug-likeness (QED) is 0.439. The molecule has 2 aromatic rings. The van der Waals surface area contributed by atoms with Gasteiger partial charge in [0.05, 0.1) is 25.3 Å². The summed E-state index contributed by atoms with van der Waals surface area (Å²) in [6.07, 6.45) is 0. The van der Waals surface area contributed by atoms with E-state index >= 15 is 0 Å². The van der Waals surface area contributed by atoms with Gasteiger partial charge >= 0.3 is 5.97 Å². The Labute approximate surface area is 153 Å². The molecule has 2 aromatic carbocycles. The fourth-order valence-corrected chi connectivity index (χ4v) is 2.36. The smallest absolute Gasteiger partial charge is 0.343 e. The lowest BCUT2D eigenvalue weighted by atomic mass is 10.1. The Balaban J connectivity index is 2.41. The number of halogens is 1. The van der Waals surface area contributed by atoms with Crippen LogP contribution < -0.4 is 19.5 Å². The molecule has 2 rings (SSSR count). The van der Waals surface area contributed by atoms with Crippen molar-refractivity contribution in [1.82, 2.24) is 5.32 Å². The summed E-state index contributed by atoms with van der Waals surface area (Å²) in [4.78, 5) is 24.4. The molecule has 0 radical (unpaired) electrons. The van der Waals surface area contributed by atoms with Gasteiger partial charge in [0.25, 0.3) is 5.91 Å². The van der Waals surface area contributed by atoms with Crippen LogP contribution in [0, 0.1) is 3.57 Å². The van der Waals surface area contributed by atoms with E-state index in [0.717, 1.165) is 3.57 Å². The second kappa shape index (κ2) is 8.00. The number of methoxy groups -OCH3 is 2. The van der Waals surface area contributed by atoms with Gasteiger partial charge in [-0.05, 0) is 46.9 Å². The average Bonchev–Trinajstić information content (AvgIpc) is 2.61. The van der Waals surface area contributed by atoms with Crippen molar-refractivity contribution in [3.63, 3.8) is 0 Å². The molecule has 6 nitrogen and oxygen atoms in total. The van der Waals surface area contributed by atoms with Crippen molar-refractivity contribution in [3.8, 4) is 17.2 Å². The predicted molar refractivity (Wildman–Crippen MR) is 97.1 cm³/mol. The lowest BCUT2D eigenvalue weighted by Crippen LogP contribution is -2.20. The van der Waals surface area contributed by atoms with Crippen LogP contribution in [0.5, 0.6) is 17.2 Å². The molecular formula is C17H16INO5. The van der Waals surface area contributed by atoms with Crippen molar-refractivity contribution >= 4 is 34.5 Å². The summed E-state index contributed by atoms with van der Waals surface area (Å²) in [6.45, 7) is 0. The molecule has 1 N–H and O–H groups in total. The molecule has 126 valence electrons. The molecule has 0 aliphatic carbocycles. The van der Waals surface area contributed by atoms with Crippen molar-refractivity contribution in [1.29, 1.82) is 0 Å². The van der Waals surface area contributed by atoms with Gasteiger partial charge in [0, 0.05) is 22.8 Å². The summed E-state index contributed by atoms with van der Waals surface area (Å²) in [6, 6.07) is 9.83. The van der Waals surface area contributed by atoms with E-state index in [9.17, 15) is 9.59 Å². The van der Waals surface area contributed by atoms with Gasteiger partial charge in [-0.15, -0.1) is 0 Å². The van der Waals surface area contributed by atoms with Crippen molar-refractivity contribution in [3.05, 3.63) is 51.1 Å². The highest BCUT2D eigenvalue weighted by molar-refractivity contribution is 14.1. The molecule has 0 spiro atoms. The van der Waals surface area contributed by atoms with Gasteiger partial charge in [-0.1, -0.05) is 0 Å². The first kappa shape index (κ1) is 18.1. The zero-order valence-electron chi connectivity index (χ0n) is 13.4. The van der Waals surface area contributed by atoms with E-state index < -0.39 is 11.9 Å².